The molecule has 1 N–H and O–H groups in total. The maximum atomic E-state index is 11.5. The van der Waals surface area contributed by atoms with Gasteiger partial charge in [0.25, 0.3) is 25.9 Å². The fraction of sp³-hybridized carbons (Fsp3) is 0.902. The Morgan fingerprint density at radius 1 is 0.565 bits per heavy atom. The zero-order chi connectivity index (χ0) is 44.6. The molecule has 10 nitrogen and oxygen atoms in total. The Kier molecular flexibility index (Phi) is 15.1. The van der Waals surface area contributed by atoms with Crippen LogP contribution in [0.4, 0.5) is 0 Å². The van der Waals surface area contributed by atoms with Crippen molar-refractivity contribution in [1.82, 2.24) is 0 Å². The summed E-state index contributed by atoms with van der Waals surface area (Å²) in [6.07, 6.45) is 19.8. The molecule has 11 heteroatoms. The van der Waals surface area contributed by atoms with Crippen molar-refractivity contribution in [1.29, 1.82) is 0 Å². The van der Waals surface area contributed by atoms with Crippen LogP contribution in [0.3, 0.4) is 0 Å². The molecule has 8 aliphatic carbocycles. The number of carboxylic acids is 1. The Labute approximate surface area is 385 Å². The first-order valence-corrected chi connectivity index (χ1v) is 26.3. The second kappa shape index (κ2) is 19.5. The molecule has 8 unspecified atom stereocenters. The van der Waals surface area contributed by atoms with Crippen LogP contribution in [0.15, 0.2) is 0 Å². The van der Waals surface area contributed by atoms with Crippen molar-refractivity contribution in [2.45, 2.75) is 188 Å². The van der Waals surface area contributed by atoms with Crippen LogP contribution in [0.2, 0.25) is 0 Å². The largest absolute Gasteiger partial charge is 0.481 e. The van der Waals surface area contributed by atoms with Crippen molar-refractivity contribution in [3.05, 3.63) is 0 Å². The maximum Gasteiger partial charge on any atom is 0.303 e. The molecule has 8 fully saturated rings. The zero-order valence-electron chi connectivity index (χ0n) is 38.7. The fourth-order valence-electron chi connectivity index (χ4n) is 18.0. The molecule has 0 aromatic heterocycles. The minimum Gasteiger partial charge on any atom is -0.481 e. The van der Waals surface area contributed by atoms with Crippen LogP contribution in [-0.2, 0) is 42.9 Å². The van der Waals surface area contributed by atoms with Crippen molar-refractivity contribution in [3.8, 4) is 0 Å². The van der Waals surface area contributed by atoms with E-state index in [2.05, 4.69) is 64.1 Å². The van der Waals surface area contributed by atoms with E-state index in [1.807, 2.05) is 0 Å². The lowest BCUT2D eigenvalue weighted by Crippen LogP contribution is -2.59. The van der Waals surface area contributed by atoms with E-state index in [1.165, 1.54) is 43.0 Å². The number of carbonyl (C=O) groups is 5. The van der Waals surface area contributed by atoms with Gasteiger partial charge in [-0.25, -0.2) is 0 Å². The molecule has 62 heavy (non-hydrogen) atoms. The highest BCUT2D eigenvalue weighted by molar-refractivity contribution is 14.1. The van der Waals surface area contributed by atoms with Gasteiger partial charge in [0.2, 0.25) is 0 Å². The quantitative estimate of drug-likeness (QED) is 0.0729. The lowest BCUT2D eigenvalue weighted by Gasteiger charge is -2.62. The van der Waals surface area contributed by atoms with E-state index < -0.39 is 5.97 Å². The van der Waals surface area contributed by atoms with E-state index in [4.69, 9.17) is 24.1 Å². The first-order chi connectivity index (χ1) is 29.6. The zero-order valence-corrected chi connectivity index (χ0v) is 40.8. The molecule has 8 aliphatic rings. The molecule has 20 atom stereocenters. The third-order valence-corrected chi connectivity index (χ3v) is 21.7. The Morgan fingerprint density at radius 3 is 1.34 bits per heavy atom. The Balaban J connectivity index is 0.000000187. The summed E-state index contributed by atoms with van der Waals surface area (Å²) < 4.78 is 23.6. The summed E-state index contributed by atoms with van der Waals surface area (Å²) >= 11 is 2.52. The van der Waals surface area contributed by atoms with Gasteiger partial charge in [-0.3, -0.25) is 24.0 Å². The highest BCUT2D eigenvalue weighted by atomic mass is 127. The molecule has 0 heterocycles. The van der Waals surface area contributed by atoms with Gasteiger partial charge in [0.15, 0.2) is 0 Å². The van der Waals surface area contributed by atoms with Crippen molar-refractivity contribution >= 4 is 54.4 Å². The van der Waals surface area contributed by atoms with Crippen LogP contribution in [0, 0.1) is 92.7 Å². The van der Waals surface area contributed by atoms with Crippen molar-refractivity contribution in [3.63, 3.8) is 0 Å². The number of alkyl halides is 1. The van der Waals surface area contributed by atoms with Gasteiger partial charge in [-0.05, 0) is 201 Å². The van der Waals surface area contributed by atoms with Gasteiger partial charge in [0, 0.05) is 18.3 Å². The van der Waals surface area contributed by atoms with Crippen LogP contribution in [0.5, 0.6) is 0 Å². The summed E-state index contributed by atoms with van der Waals surface area (Å²) in [5, 5.41) is 9.16. The molecular formula is C51H79IO10. The molecule has 0 aliphatic heterocycles. The number of fused-ring (bicyclic) bond motifs is 10. The molecule has 0 spiro atoms. The van der Waals surface area contributed by atoms with Gasteiger partial charge in [0.1, 0.15) is 24.4 Å². The molecule has 0 aromatic carbocycles. The molecule has 0 saturated heterocycles. The second-order valence-electron chi connectivity index (χ2n) is 23.1. The topological polar surface area (TPSA) is 143 Å². The predicted molar refractivity (Wildman–Crippen MR) is 244 cm³/mol. The number of aliphatic carboxylic acids is 1. The lowest BCUT2D eigenvalue weighted by atomic mass is 9.43. The maximum absolute atomic E-state index is 11.5. The van der Waals surface area contributed by atoms with E-state index in [0.29, 0.717) is 90.5 Å². The third kappa shape index (κ3) is 8.63. The predicted octanol–water partition coefficient (Wildman–Crippen LogP) is 10.6. The number of hydrogen-bond donors (Lipinski definition) is 1. The number of hydrogen-bond acceptors (Lipinski definition) is 9. The summed E-state index contributed by atoms with van der Waals surface area (Å²) in [6, 6.07) is 0. The third-order valence-electron chi connectivity index (χ3n) is 21.1. The minimum atomic E-state index is -0.708. The normalized spacial score (nSPS) is 47.3. The smallest absolute Gasteiger partial charge is 0.303 e. The summed E-state index contributed by atoms with van der Waals surface area (Å²) in [7, 11) is 0. The van der Waals surface area contributed by atoms with Crippen molar-refractivity contribution < 1.29 is 48.0 Å². The van der Waals surface area contributed by atoms with Gasteiger partial charge in [-0.2, -0.15) is 0 Å². The summed E-state index contributed by atoms with van der Waals surface area (Å²) in [4.78, 5) is 55.9. The van der Waals surface area contributed by atoms with Gasteiger partial charge in [0.05, 0.1) is 0 Å². The Hall–Kier alpha value is -1.92. The standard InChI is InChI=1S/C26H40O6.C25H39IO4/c1-16(4-7-23(29)30)19-5-6-20-24-21(9-11-26(19,20)3)25(2)10-8-18(31-14-27)12-17(25)13-22(24)32-15-28;1-16(8-11-26)19-4-5-20-23-21(7-10-25(19,20)3)24(2)9-6-18(29-14-27)12-17(24)13-22(23)30-15-28/h14-22,24H,4-13H2,1-3H3,(H,29,30);14-23H,4-13H2,1-3H3/t16-,17?,18-,19-,20?,21?,22-,24?,25+,26-;16-,17?,18-,19-,20?,21?,22-,23?,24+,25-/m11/s1. The monoisotopic (exact) mass is 978 g/mol. The first-order valence-electron chi connectivity index (χ1n) is 24.8. The number of carboxylic acid groups (broad SMARTS) is 1. The number of halogens is 1. The van der Waals surface area contributed by atoms with E-state index in [1.54, 1.807) is 0 Å². The Morgan fingerprint density at radius 2 is 0.952 bits per heavy atom. The van der Waals surface area contributed by atoms with Gasteiger partial charge >= 0.3 is 5.97 Å². The minimum absolute atomic E-state index is 0.0150. The molecule has 0 radical (unpaired) electrons. The van der Waals surface area contributed by atoms with Crippen LogP contribution in [-0.4, -0.2) is 65.8 Å². The van der Waals surface area contributed by atoms with Gasteiger partial charge in [-0.1, -0.05) is 64.1 Å². The molecule has 0 bridgehead atoms. The lowest BCUT2D eigenvalue weighted by molar-refractivity contribution is -0.190. The fourth-order valence-corrected chi connectivity index (χ4v) is 19.0. The SMILES string of the molecule is C[C@H](CCC(=O)O)[C@H]1CCC2C3C(CC[C@@]21C)[C@@]1(C)CC[C@@H](OC=O)CC1C[C@H]3OC=O.C[C@H](CCI)[C@H]1CCC2C3C(CC[C@@]21C)[C@@]1(C)CC[C@@H](OC=O)CC1C[C@H]3OC=O. The van der Waals surface area contributed by atoms with Crippen LogP contribution in [0.1, 0.15) is 164 Å². The number of rotatable bonds is 15. The molecule has 350 valence electrons. The molecule has 0 amide bonds. The molecule has 8 rings (SSSR count). The van der Waals surface area contributed by atoms with Crippen LogP contribution < -0.4 is 0 Å². The van der Waals surface area contributed by atoms with Crippen molar-refractivity contribution in [2.75, 3.05) is 4.43 Å². The molecule has 0 aromatic rings. The summed E-state index contributed by atoms with van der Waals surface area (Å²) in [6.45, 7) is 17.2. The summed E-state index contributed by atoms with van der Waals surface area (Å²) in [5.74, 6) is 5.89. The van der Waals surface area contributed by atoms with Gasteiger partial charge < -0.3 is 24.1 Å². The van der Waals surface area contributed by atoms with E-state index in [-0.39, 0.29) is 47.1 Å². The highest BCUT2D eigenvalue weighted by Crippen LogP contribution is 2.70. The average Bonchev–Trinajstić information content (AvgIpc) is 3.78. The van der Waals surface area contributed by atoms with Crippen molar-refractivity contribution in [2.24, 2.45) is 92.7 Å². The molecular weight excluding hydrogens is 899 g/mol. The van der Waals surface area contributed by atoms with Gasteiger partial charge in [-0.15, -0.1) is 0 Å². The second-order valence-corrected chi connectivity index (χ2v) is 24.2. The van der Waals surface area contributed by atoms with E-state index in [0.717, 1.165) is 88.9 Å². The van der Waals surface area contributed by atoms with E-state index >= 15 is 0 Å². The van der Waals surface area contributed by atoms with E-state index in [9.17, 15) is 24.0 Å². The Bertz CT molecular complexity index is 1590. The number of ether oxygens (including phenoxy) is 4. The molecule has 8 saturated carbocycles. The average molecular weight is 979 g/mol. The first kappa shape index (κ1) is 48.0. The van der Waals surface area contributed by atoms with Crippen LogP contribution >= 0.6 is 22.6 Å². The van der Waals surface area contributed by atoms with Crippen LogP contribution in [0.25, 0.3) is 0 Å². The summed E-state index contributed by atoms with van der Waals surface area (Å²) in [5.41, 5.74) is 1.05. The highest BCUT2D eigenvalue weighted by Gasteiger charge is 2.65. The number of carbonyl (C=O) groups excluding carboxylic acids is 4.